The first-order valence-corrected chi connectivity index (χ1v) is 14.1. The summed E-state index contributed by atoms with van der Waals surface area (Å²) in [4.78, 5) is 40.0. The molecule has 42 heavy (non-hydrogen) atoms. The van der Waals surface area contributed by atoms with Gasteiger partial charge in [-0.15, -0.1) is 0 Å². The number of imidazole rings is 1. The quantitative estimate of drug-likeness (QED) is 0.452. The fourth-order valence-corrected chi connectivity index (χ4v) is 4.90. The second kappa shape index (κ2) is 11.8. The first-order valence-electron chi connectivity index (χ1n) is 14.1. The van der Waals surface area contributed by atoms with Crippen LogP contribution in [-0.2, 0) is 23.7 Å². The van der Waals surface area contributed by atoms with Gasteiger partial charge in [0, 0.05) is 13.1 Å². The molecule has 0 radical (unpaired) electrons. The van der Waals surface area contributed by atoms with Crippen LogP contribution in [0.4, 0.5) is 15.4 Å². The Balaban J connectivity index is 1.39. The number of nitrogens with zero attached hydrogens (tertiary/aromatic N) is 6. The number of aromatic nitrogens is 4. The van der Waals surface area contributed by atoms with Crippen molar-refractivity contribution in [3.63, 3.8) is 0 Å². The molecule has 15 heteroatoms. The highest BCUT2D eigenvalue weighted by atomic mass is 16.8. The van der Waals surface area contributed by atoms with E-state index in [0.717, 1.165) is 5.01 Å². The Labute approximate surface area is 245 Å². The molecule has 0 aliphatic carbocycles. The van der Waals surface area contributed by atoms with Crippen molar-refractivity contribution in [1.82, 2.24) is 34.9 Å². The summed E-state index contributed by atoms with van der Waals surface area (Å²) in [6.07, 6.45) is 0.545. The molecule has 234 valence electrons. The third kappa shape index (κ3) is 7.76. The average Bonchev–Trinajstić information content (AvgIpc) is 3.48. The molecule has 2 aliphatic rings. The highest BCUT2D eigenvalue weighted by molar-refractivity contribution is 5.81. The van der Waals surface area contributed by atoms with Crippen LogP contribution in [0.3, 0.4) is 0 Å². The maximum absolute atomic E-state index is 12.8. The largest absolute Gasteiger partial charge is 0.443 e. The van der Waals surface area contributed by atoms with Gasteiger partial charge in [-0.05, 0) is 75.4 Å². The summed E-state index contributed by atoms with van der Waals surface area (Å²) >= 11 is 0. The molecule has 2 saturated heterocycles. The summed E-state index contributed by atoms with van der Waals surface area (Å²) in [5.41, 5.74) is 8.09. The van der Waals surface area contributed by atoms with E-state index in [-0.39, 0.29) is 24.6 Å². The number of carbonyl (C=O) groups excluding carboxylic acids is 2. The van der Waals surface area contributed by atoms with Crippen LogP contribution in [0.1, 0.15) is 68.0 Å². The normalized spacial score (nSPS) is 23.7. The molecule has 2 aromatic heterocycles. The van der Waals surface area contributed by atoms with Gasteiger partial charge < -0.3 is 34.3 Å². The third-order valence-corrected chi connectivity index (χ3v) is 6.44. The van der Waals surface area contributed by atoms with Gasteiger partial charge in [-0.1, -0.05) is 0 Å². The lowest BCUT2D eigenvalue weighted by Crippen LogP contribution is -2.50. The van der Waals surface area contributed by atoms with E-state index in [1.165, 1.54) is 6.33 Å². The number of rotatable bonds is 7. The maximum Gasteiger partial charge on any atom is 0.429 e. The Bertz CT molecular complexity index is 1270. The van der Waals surface area contributed by atoms with Crippen molar-refractivity contribution >= 4 is 29.2 Å². The van der Waals surface area contributed by atoms with Crippen LogP contribution in [0.25, 0.3) is 11.2 Å². The highest BCUT2D eigenvalue weighted by Crippen LogP contribution is 2.44. The number of hydrazine groups is 1. The maximum atomic E-state index is 12.8. The van der Waals surface area contributed by atoms with Crippen molar-refractivity contribution < 1.29 is 33.3 Å². The summed E-state index contributed by atoms with van der Waals surface area (Å²) in [5.74, 6) is -0.505. The van der Waals surface area contributed by atoms with Gasteiger partial charge in [0.15, 0.2) is 23.5 Å². The number of carbonyl (C=O) groups is 2. The Morgan fingerprint density at radius 3 is 2.38 bits per heavy atom. The Morgan fingerprint density at radius 1 is 1.05 bits per heavy atom. The first kappa shape index (κ1) is 31.7. The van der Waals surface area contributed by atoms with E-state index >= 15 is 0 Å². The van der Waals surface area contributed by atoms with Crippen molar-refractivity contribution in [3.05, 3.63) is 12.7 Å². The van der Waals surface area contributed by atoms with Gasteiger partial charge in [0.1, 0.15) is 41.4 Å². The van der Waals surface area contributed by atoms with Crippen LogP contribution in [0.2, 0.25) is 0 Å². The SMILES string of the molecule is CN(CCCN(NC(=O)OC(C)(C)C)C(=O)OC(C)(C)C)C[C@H]1O[C@@H](n2cnc3c(N)ncnc32)[C@@H]2OC(C)(C)O[C@@H]21. The molecular weight excluding hydrogens is 548 g/mol. The van der Waals surface area contributed by atoms with Crippen LogP contribution >= 0.6 is 0 Å². The van der Waals surface area contributed by atoms with Gasteiger partial charge in [0.25, 0.3) is 0 Å². The van der Waals surface area contributed by atoms with Gasteiger partial charge in [0.05, 0.1) is 6.33 Å². The molecule has 15 nitrogen and oxygen atoms in total. The van der Waals surface area contributed by atoms with E-state index in [4.69, 9.17) is 29.4 Å². The van der Waals surface area contributed by atoms with Crippen LogP contribution < -0.4 is 11.2 Å². The Morgan fingerprint density at radius 2 is 1.71 bits per heavy atom. The van der Waals surface area contributed by atoms with E-state index in [1.807, 2.05) is 20.9 Å². The van der Waals surface area contributed by atoms with E-state index in [1.54, 1.807) is 52.4 Å². The number of ether oxygens (including phenoxy) is 5. The minimum absolute atomic E-state index is 0.202. The number of nitrogen functional groups attached to an aromatic ring is 1. The molecule has 4 atom stereocenters. The predicted molar refractivity (Wildman–Crippen MR) is 152 cm³/mol. The predicted octanol–water partition coefficient (Wildman–Crippen LogP) is 2.82. The lowest BCUT2D eigenvalue weighted by Gasteiger charge is -2.30. The van der Waals surface area contributed by atoms with Gasteiger partial charge in [-0.3, -0.25) is 4.57 Å². The van der Waals surface area contributed by atoms with Gasteiger partial charge in [-0.2, -0.15) is 0 Å². The molecule has 3 N–H and O–H groups in total. The zero-order chi connectivity index (χ0) is 31.0. The number of hydrogen-bond donors (Lipinski definition) is 2. The summed E-state index contributed by atoms with van der Waals surface area (Å²) < 4.78 is 31.6. The number of amides is 2. The van der Waals surface area contributed by atoms with Crippen molar-refractivity contribution in [2.75, 3.05) is 32.4 Å². The van der Waals surface area contributed by atoms with Crippen molar-refractivity contribution in [2.24, 2.45) is 0 Å². The van der Waals surface area contributed by atoms with Gasteiger partial charge in [0.2, 0.25) is 0 Å². The van der Waals surface area contributed by atoms with Gasteiger partial charge in [-0.25, -0.2) is 35.0 Å². The molecule has 0 spiro atoms. The Kier molecular flexibility index (Phi) is 8.88. The number of hydrogen-bond acceptors (Lipinski definition) is 12. The minimum atomic E-state index is -0.792. The second-order valence-electron chi connectivity index (χ2n) is 13.1. The van der Waals surface area contributed by atoms with E-state index in [2.05, 4.69) is 25.3 Å². The second-order valence-corrected chi connectivity index (χ2v) is 13.1. The summed E-state index contributed by atoms with van der Waals surface area (Å²) in [6, 6.07) is 0. The molecular formula is C27H44N8O7. The van der Waals surface area contributed by atoms with Crippen LogP contribution in [0.15, 0.2) is 12.7 Å². The standard InChI is InChI=1S/C27H44N8O7/c1-25(2,3)41-23(36)32-35(24(37)42-26(4,5)6)12-10-11-33(9)13-16-18-19(40-27(7,8)39-18)22(38-16)34-15-31-17-20(28)29-14-30-21(17)34/h14-16,18-19,22H,10-13H2,1-9H3,(H,32,36)(H2,28,29,30)/t16-,18-,19-,22-/m1/s1. The molecule has 2 amide bonds. The molecule has 4 rings (SSSR count). The summed E-state index contributed by atoms with van der Waals surface area (Å²) in [6.45, 7) is 15.6. The van der Waals surface area contributed by atoms with Crippen molar-refractivity contribution in [2.45, 2.75) is 103 Å². The topological polar surface area (TPSA) is 168 Å². The fourth-order valence-electron chi connectivity index (χ4n) is 4.90. The number of likely N-dealkylation sites (N-methyl/N-ethyl adjacent to an activating group) is 1. The molecule has 4 heterocycles. The average molecular weight is 593 g/mol. The van der Waals surface area contributed by atoms with Crippen LogP contribution in [0, 0.1) is 0 Å². The smallest absolute Gasteiger partial charge is 0.429 e. The van der Waals surface area contributed by atoms with Crippen molar-refractivity contribution in [1.29, 1.82) is 0 Å². The molecule has 0 aromatic carbocycles. The zero-order valence-corrected chi connectivity index (χ0v) is 25.9. The summed E-state index contributed by atoms with van der Waals surface area (Å²) in [5, 5.41) is 1.14. The Hall–Kier alpha value is -3.27. The monoisotopic (exact) mass is 592 g/mol. The van der Waals surface area contributed by atoms with E-state index < -0.39 is 41.5 Å². The highest BCUT2D eigenvalue weighted by Gasteiger charge is 2.56. The number of nitrogens with two attached hydrogens (primary N) is 1. The molecule has 2 fully saturated rings. The lowest BCUT2D eigenvalue weighted by molar-refractivity contribution is -0.197. The van der Waals surface area contributed by atoms with Gasteiger partial charge >= 0.3 is 12.2 Å². The summed E-state index contributed by atoms with van der Waals surface area (Å²) in [7, 11) is 1.95. The molecule has 0 bridgehead atoms. The number of fused-ring (bicyclic) bond motifs is 2. The number of anilines is 1. The third-order valence-electron chi connectivity index (χ3n) is 6.44. The molecule has 2 aliphatic heterocycles. The van der Waals surface area contributed by atoms with Crippen LogP contribution in [0.5, 0.6) is 0 Å². The van der Waals surface area contributed by atoms with Crippen LogP contribution in [-0.4, -0.2) is 104 Å². The molecule has 0 saturated carbocycles. The fraction of sp³-hybridized carbons (Fsp3) is 0.741. The molecule has 2 aromatic rings. The lowest BCUT2D eigenvalue weighted by atomic mass is 10.1. The number of nitrogens with one attached hydrogen (secondary N) is 1. The first-order chi connectivity index (χ1) is 19.4. The molecule has 0 unspecified atom stereocenters. The minimum Gasteiger partial charge on any atom is -0.443 e. The van der Waals surface area contributed by atoms with E-state index in [9.17, 15) is 9.59 Å². The zero-order valence-electron chi connectivity index (χ0n) is 25.9. The van der Waals surface area contributed by atoms with Crippen molar-refractivity contribution in [3.8, 4) is 0 Å². The van der Waals surface area contributed by atoms with E-state index in [0.29, 0.717) is 30.7 Å².